The van der Waals surface area contributed by atoms with Crippen molar-refractivity contribution in [2.24, 2.45) is 0 Å². The third-order valence-electron chi connectivity index (χ3n) is 4.72. The molecule has 2 aromatic carbocycles. The SMILES string of the molecule is C=CCOc1ccc(-c2c(C#N)c(N)nc(SCC(=O)Nc3ccc(OCC)cc3)c2C#N)cc1. The first-order valence-electron chi connectivity index (χ1n) is 10.6. The molecular weight excluding hydrogens is 462 g/mol. The van der Waals surface area contributed by atoms with Crippen molar-refractivity contribution in [2.75, 3.05) is 30.0 Å². The van der Waals surface area contributed by atoms with Crippen LogP contribution in [0, 0.1) is 22.7 Å². The van der Waals surface area contributed by atoms with Gasteiger partial charge >= 0.3 is 0 Å². The molecule has 1 amide bonds. The summed E-state index contributed by atoms with van der Waals surface area (Å²) in [6.07, 6.45) is 1.63. The predicted molar refractivity (Wildman–Crippen MR) is 136 cm³/mol. The summed E-state index contributed by atoms with van der Waals surface area (Å²) >= 11 is 1.07. The summed E-state index contributed by atoms with van der Waals surface area (Å²) in [6.45, 7) is 6.42. The van der Waals surface area contributed by atoms with Gasteiger partial charge in [0.2, 0.25) is 5.91 Å². The fraction of sp³-hybridized carbons (Fsp3) is 0.154. The molecule has 0 radical (unpaired) electrons. The highest BCUT2D eigenvalue weighted by molar-refractivity contribution is 8.00. The van der Waals surface area contributed by atoms with Gasteiger partial charge < -0.3 is 20.5 Å². The first-order valence-corrected chi connectivity index (χ1v) is 11.6. The van der Waals surface area contributed by atoms with Crippen molar-refractivity contribution in [3.8, 4) is 34.8 Å². The second-order valence-corrected chi connectivity index (χ2v) is 8.03. The van der Waals surface area contributed by atoms with Crippen molar-refractivity contribution in [1.29, 1.82) is 10.5 Å². The van der Waals surface area contributed by atoms with Gasteiger partial charge in [0.1, 0.15) is 46.7 Å². The monoisotopic (exact) mass is 485 g/mol. The summed E-state index contributed by atoms with van der Waals surface area (Å²) in [5.74, 6) is 1.03. The van der Waals surface area contributed by atoms with E-state index in [0.717, 1.165) is 11.8 Å². The van der Waals surface area contributed by atoms with Crippen LogP contribution in [-0.2, 0) is 4.79 Å². The molecule has 0 bridgehead atoms. The highest BCUT2D eigenvalue weighted by Gasteiger charge is 2.21. The van der Waals surface area contributed by atoms with Crippen molar-refractivity contribution in [3.63, 3.8) is 0 Å². The third kappa shape index (κ3) is 6.32. The Morgan fingerprint density at radius 2 is 1.71 bits per heavy atom. The smallest absolute Gasteiger partial charge is 0.234 e. The standard InChI is InChI=1S/C26H23N5O3S/c1-3-13-34-20-9-5-17(6-10-20)24-21(14-27)25(29)31-26(22(24)15-28)35-16-23(32)30-18-7-11-19(12-8-18)33-4-2/h3,5-12H,1,4,13,16H2,2H3,(H2,29,31)(H,30,32). The van der Waals surface area contributed by atoms with Gasteiger partial charge in [-0.25, -0.2) is 4.98 Å². The fourth-order valence-electron chi connectivity index (χ4n) is 3.20. The predicted octanol–water partition coefficient (Wildman–Crippen LogP) is 4.77. The van der Waals surface area contributed by atoms with E-state index in [1.165, 1.54) is 0 Å². The number of nitriles is 2. The number of anilines is 2. The zero-order chi connectivity index (χ0) is 25.2. The number of carbonyl (C=O) groups is 1. The minimum Gasteiger partial charge on any atom is -0.494 e. The molecule has 0 saturated heterocycles. The number of nitrogens with one attached hydrogen (secondary N) is 1. The molecule has 0 aliphatic heterocycles. The van der Waals surface area contributed by atoms with Crippen LogP contribution in [0.2, 0.25) is 0 Å². The van der Waals surface area contributed by atoms with Gasteiger partial charge in [-0.3, -0.25) is 4.79 Å². The molecule has 8 nitrogen and oxygen atoms in total. The van der Waals surface area contributed by atoms with Gasteiger partial charge in [-0.2, -0.15) is 10.5 Å². The van der Waals surface area contributed by atoms with Crippen LogP contribution in [0.4, 0.5) is 11.5 Å². The maximum Gasteiger partial charge on any atom is 0.234 e. The van der Waals surface area contributed by atoms with Gasteiger partial charge in [0.15, 0.2) is 0 Å². The van der Waals surface area contributed by atoms with Crippen molar-refractivity contribution in [3.05, 3.63) is 72.3 Å². The molecule has 9 heteroatoms. The Labute approximate surface area is 208 Å². The number of nitrogens with two attached hydrogens (primary N) is 1. The van der Waals surface area contributed by atoms with Crippen molar-refractivity contribution < 1.29 is 14.3 Å². The summed E-state index contributed by atoms with van der Waals surface area (Å²) < 4.78 is 10.9. The van der Waals surface area contributed by atoms with Crippen LogP contribution < -0.4 is 20.5 Å². The molecule has 0 saturated carbocycles. The Hall–Kier alpha value is -4.47. The zero-order valence-electron chi connectivity index (χ0n) is 19.1. The fourth-order valence-corrected chi connectivity index (χ4v) is 3.99. The highest BCUT2D eigenvalue weighted by atomic mass is 32.2. The molecule has 35 heavy (non-hydrogen) atoms. The number of benzene rings is 2. The number of thioether (sulfide) groups is 1. The first kappa shape index (κ1) is 25.2. The minimum absolute atomic E-state index is 0.00595. The van der Waals surface area contributed by atoms with E-state index in [1.807, 2.05) is 13.0 Å². The van der Waals surface area contributed by atoms with Gasteiger partial charge in [0.05, 0.1) is 17.9 Å². The molecule has 0 unspecified atom stereocenters. The molecule has 0 spiro atoms. The largest absolute Gasteiger partial charge is 0.494 e. The molecule has 1 heterocycles. The van der Waals surface area contributed by atoms with Gasteiger partial charge in [0, 0.05) is 11.3 Å². The highest BCUT2D eigenvalue weighted by Crippen LogP contribution is 2.36. The number of hydrogen-bond donors (Lipinski definition) is 2. The number of pyridine rings is 1. The lowest BCUT2D eigenvalue weighted by atomic mass is 9.97. The van der Waals surface area contributed by atoms with E-state index in [-0.39, 0.29) is 33.6 Å². The van der Waals surface area contributed by atoms with Crippen LogP contribution in [0.3, 0.4) is 0 Å². The number of rotatable bonds is 10. The summed E-state index contributed by atoms with van der Waals surface area (Å²) in [4.78, 5) is 16.7. The molecule has 3 rings (SSSR count). The second kappa shape index (κ2) is 12.1. The quantitative estimate of drug-likeness (QED) is 0.310. The second-order valence-electron chi connectivity index (χ2n) is 7.07. The lowest BCUT2D eigenvalue weighted by molar-refractivity contribution is -0.113. The first-order chi connectivity index (χ1) is 17.0. The summed E-state index contributed by atoms with van der Waals surface area (Å²) in [5, 5.41) is 22.7. The van der Waals surface area contributed by atoms with E-state index in [0.29, 0.717) is 41.5 Å². The molecule has 3 N–H and O–H groups in total. The maximum atomic E-state index is 12.5. The van der Waals surface area contributed by atoms with Gasteiger partial charge in [0.25, 0.3) is 0 Å². The summed E-state index contributed by atoms with van der Waals surface area (Å²) in [6, 6.07) is 18.1. The number of amides is 1. The summed E-state index contributed by atoms with van der Waals surface area (Å²) in [5.41, 5.74) is 7.92. The Kier molecular flexibility index (Phi) is 8.71. The van der Waals surface area contributed by atoms with Gasteiger partial charge in [-0.1, -0.05) is 36.5 Å². The van der Waals surface area contributed by atoms with E-state index >= 15 is 0 Å². The average Bonchev–Trinajstić information content (AvgIpc) is 2.87. The Morgan fingerprint density at radius 1 is 1.09 bits per heavy atom. The van der Waals surface area contributed by atoms with Crippen LogP contribution >= 0.6 is 11.8 Å². The Morgan fingerprint density at radius 3 is 2.31 bits per heavy atom. The Bertz CT molecular complexity index is 1290. The normalized spacial score (nSPS) is 10.0. The van der Waals surface area contributed by atoms with Crippen LogP contribution in [0.5, 0.6) is 11.5 Å². The molecule has 0 fully saturated rings. The van der Waals surface area contributed by atoms with Crippen molar-refractivity contribution >= 4 is 29.2 Å². The number of nitrogen functional groups attached to an aromatic ring is 1. The maximum absolute atomic E-state index is 12.5. The van der Waals surface area contributed by atoms with Gasteiger partial charge in [-0.05, 0) is 48.9 Å². The topological polar surface area (TPSA) is 134 Å². The van der Waals surface area contributed by atoms with E-state index in [9.17, 15) is 15.3 Å². The van der Waals surface area contributed by atoms with E-state index in [4.69, 9.17) is 15.2 Å². The van der Waals surface area contributed by atoms with E-state index in [2.05, 4.69) is 22.9 Å². The lowest BCUT2D eigenvalue weighted by Crippen LogP contribution is -2.14. The molecule has 0 aliphatic carbocycles. The number of nitrogens with zero attached hydrogens (tertiary/aromatic N) is 3. The molecular formula is C26H23N5O3S. The van der Waals surface area contributed by atoms with Gasteiger partial charge in [-0.15, -0.1) is 0 Å². The number of aromatic nitrogens is 1. The lowest BCUT2D eigenvalue weighted by Gasteiger charge is -2.13. The van der Waals surface area contributed by atoms with Crippen LogP contribution in [0.1, 0.15) is 18.1 Å². The van der Waals surface area contributed by atoms with Crippen molar-refractivity contribution in [2.45, 2.75) is 11.9 Å². The van der Waals surface area contributed by atoms with Crippen LogP contribution in [0.25, 0.3) is 11.1 Å². The number of hydrogen-bond acceptors (Lipinski definition) is 8. The molecule has 3 aromatic rings. The van der Waals surface area contributed by atoms with E-state index in [1.54, 1.807) is 54.6 Å². The third-order valence-corrected chi connectivity index (χ3v) is 5.69. The average molecular weight is 486 g/mol. The molecule has 1 aromatic heterocycles. The van der Waals surface area contributed by atoms with E-state index < -0.39 is 0 Å². The Balaban J connectivity index is 1.83. The number of carbonyl (C=O) groups excluding carboxylic acids is 1. The van der Waals surface area contributed by atoms with Crippen LogP contribution in [-0.4, -0.2) is 29.9 Å². The molecule has 0 atom stereocenters. The molecule has 0 aliphatic rings. The summed E-state index contributed by atoms with van der Waals surface area (Å²) in [7, 11) is 0. The zero-order valence-corrected chi connectivity index (χ0v) is 19.9. The minimum atomic E-state index is -0.280. The van der Waals surface area contributed by atoms with Crippen LogP contribution in [0.15, 0.2) is 66.2 Å². The number of ether oxygens (including phenoxy) is 2. The van der Waals surface area contributed by atoms with Crippen molar-refractivity contribution in [1.82, 2.24) is 4.98 Å². The molecule has 176 valence electrons.